The SMILES string of the molecule is C=C(C)C1=C(C(=O)OC(C)OC(=O)OC(C)C)N2C(=O)[C@@H](NC(=O)/C(=N\OC)c3csc(N)n3)[C@H]2SC1. The molecule has 3 rings (SSSR count). The summed E-state index contributed by atoms with van der Waals surface area (Å²) in [5, 5.41) is 7.51. The first-order valence-corrected chi connectivity index (χ1v) is 12.9. The van der Waals surface area contributed by atoms with Crippen LogP contribution in [0.3, 0.4) is 0 Å². The summed E-state index contributed by atoms with van der Waals surface area (Å²) in [6, 6.07) is -0.959. The summed E-state index contributed by atoms with van der Waals surface area (Å²) in [6.07, 6.45) is -2.70. The van der Waals surface area contributed by atoms with Crippen molar-refractivity contribution < 1.29 is 38.2 Å². The number of ether oxygens (including phenoxy) is 3. The number of nitrogen functional groups attached to an aromatic ring is 1. The van der Waals surface area contributed by atoms with Crippen molar-refractivity contribution in [1.82, 2.24) is 15.2 Å². The molecule has 1 saturated heterocycles. The topological polar surface area (TPSA) is 172 Å². The molecule has 3 heterocycles. The lowest BCUT2D eigenvalue weighted by atomic mass is 10.00. The van der Waals surface area contributed by atoms with Gasteiger partial charge >= 0.3 is 12.1 Å². The van der Waals surface area contributed by atoms with Crippen LogP contribution < -0.4 is 11.1 Å². The Kier molecular flexibility index (Phi) is 8.81. The van der Waals surface area contributed by atoms with E-state index < -0.39 is 47.7 Å². The molecule has 2 aliphatic rings. The Bertz CT molecular complexity index is 1180. The van der Waals surface area contributed by atoms with Gasteiger partial charge in [-0.1, -0.05) is 17.3 Å². The molecule has 1 fully saturated rings. The highest BCUT2D eigenvalue weighted by molar-refractivity contribution is 8.00. The quantitative estimate of drug-likeness (QED) is 0.150. The first-order chi connectivity index (χ1) is 17.4. The number of anilines is 1. The normalized spacial score (nSPS) is 20.0. The van der Waals surface area contributed by atoms with Gasteiger partial charge in [0.05, 0.1) is 6.10 Å². The minimum absolute atomic E-state index is 0.0301. The van der Waals surface area contributed by atoms with Gasteiger partial charge in [0, 0.05) is 18.1 Å². The van der Waals surface area contributed by atoms with Crippen LogP contribution in [0.25, 0.3) is 0 Å². The van der Waals surface area contributed by atoms with Crippen LogP contribution in [0, 0.1) is 0 Å². The van der Waals surface area contributed by atoms with Crippen molar-refractivity contribution in [3.63, 3.8) is 0 Å². The first-order valence-electron chi connectivity index (χ1n) is 11.0. The summed E-state index contributed by atoms with van der Waals surface area (Å²) >= 11 is 2.46. The highest BCUT2D eigenvalue weighted by Gasteiger charge is 2.55. The summed E-state index contributed by atoms with van der Waals surface area (Å²) in [5.74, 6) is -1.80. The Morgan fingerprint density at radius 2 is 1.97 bits per heavy atom. The van der Waals surface area contributed by atoms with Gasteiger partial charge in [-0.05, 0) is 26.3 Å². The largest absolute Gasteiger partial charge is 0.511 e. The van der Waals surface area contributed by atoms with Crippen molar-refractivity contribution >= 4 is 57.9 Å². The van der Waals surface area contributed by atoms with Gasteiger partial charge in [-0.25, -0.2) is 14.6 Å². The van der Waals surface area contributed by atoms with Crippen LogP contribution in [0.2, 0.25) is 0 Å². The second-order valence-electron chi connectivity index (χ2n) is 8.17. The van der Waals surface area contributed by atoms with Gasteiger partial charge < -0.3 is 30.1 Å². The predicted octanol–water partition coefficient (Wildman–Crippen LogP) is 1.76. The van der Waals surface area contributed by atoms with Gasteiger partial charge in [-0.2, -0.15) is 0 Å². The molecule has 13 nitrogen and oxygen atoms in total. The van der Waals surface area contributed by atoms with E-state index in [0.717, 1.165) is 11.3 Å². The molecule has 37 heavy (non-hydrogen) atoms. The van der Waals surface area contributed by atoms with Crippen molar-refractivity contribution in [1.29, 1.82) is 0 Å². The van der Waals surface area contributed by atoms with Gasteiger partial charge in [0.1, 0.15) is 29.9 Å². The van der Waals surface area contributed by atoms with Crippen LogP contribution in [-0.4, -0.2) is 76.2 Å². The number of carbonyl (C=O) groups is 4. The third kappa shape index (κ3) is 6.22. The summed E-state index contributed by atoms with van der Waals surface area (Å²) in [5.41, 5.74) is 6.72. The van der Waals surface area contributed by atoms with Gasteiger partial charge in [-0.15, -0.1) is 23.1 Å². The van der Waals surface area contributed by atoms with Crippen molar-refractivity contribution in [2.75, 3.05) is 18.6 Å². The minimum atomic E-state index is -1.28. The molecule has 200 valence electrons. The molecule has 2 aliphatic heterocycles. The maximum absolute atomic E-state index is 13.1. The Morgan fingerprint density at radius 3 is 2.54 bits per heavy atom. The fraction of sp³-hybridized carbons (Fsp3) is 0.455. The molecule has 0 radical (unpaired) electrons. The number of oxime groups is 1. The number of allylic oxidation sites excluding steroid dienone is 1. The van der Waals surface area contributed by atoms with Gasteiger partial charge in [0.15, 0.2) is 10.8 Å². The van der Waals surface area contributed by atoms with E-state index in [-0.39, 0.29) is 22.2 Å². The van der Waals surface area contributed by atoms with Crippen molar-refractivity contribution in [3.05, 3.63) is 34.5 Å². The lowest BCUT2D eigenvalue weighted by Crippen LogP contribution is -2.71. The minimum Gasteiger partial charge on any atom is -0.431 e. The number of thiazole rings is 1. The number of amides is 2. The van der Waals surface area contributed by atoms with E-state index in [1.165, 1.54) is 36.1 Å². The molecular weight excluding hydrogens is 526 g/mol. The Hall–Kier alpha value is -3.59. The van der Waals surface area contributed by atoms with E-state index >= 15 is 0 Å². The average molecular weight is 554 g/mol. The zero-order chi connectivity index (χ0) is 27.4. The molecule has 1 aromatic heterocycles. The molecule has 1 aromatic rings. The zero-order valence-electron chi connectivity index (χ0n) is 20.8. The summed E-state index contributed by atoms with van der Waals surface area (Å²) in [7, 11) is 1.27. The van der Waals surface area contributed by atoms with E-state index in [4.69, 9.17) is 24.8 Å². The molecule has 3 N–H and O–H groups in total. The monoisotopic (exact) mass is 553 g/mol. The number of β-lactam (4-membered cyclic amide) rings is 1. The lowest BCUT2D eigenvalue weighted by Gasteiger charge is -2.49. The number of hydrogen-bond acceptors (Lipinski definition) is 13. The molecule has 0 aromatic carbocycles. The summed E-state index contributed by atoms with van der Waals surface area (Å²) in [4.78, 5) is 60.9. The van der Waals surface area contributed by atoms with E-state index in [9.17, 15) is 19.2 Å². The molecule has 15 heteroatoms. The van der Waals surface area contributed by atoms with Gasteiger partial charge in [0.2, 0.25) is 6.29 Å². The Balaban J connectivity index is 1.76. The fourth-order valence-electron chi connectivity index (χ4n) is 3.42. The molecular formula is C22H27N5O8S2. The van der Waals surface area contributed by atoms with Crippen LogP contribution in [0.5, 0.6) is 0 Å². The highest BCUT2D eigenvalue weighted by Crippen LogP contribution is 2.42. The molecule has 0 aliphatic carbocycles. The second-order valence-corrected chi connectivity index (χ2v) is 10.2. The van der Waals surface area contributed by atoms with Gasteiger partial charge in [0.25, 0.3) is 11.8 Å². The molecule has 3 atom stereocenters. The van der Waals surface area contributed by atoms with Crippen molar-refractivity contribution in [2.45, 2.75) is 51.5 Å². The smallest absolute Gasteiger partial charge is 0.431 e. The van der Waals surface area contributed by atoms with E-state index in [2.05, 4.69) is 22.0 Å². The summed E-state index contributed by atoms with van der Waals surface area (Å²) in [6.45, 7) is 10.2. The van der Waals surface area contributed by atoms with Crippen LogP contribution in [0.4, 0.5) is 9.93 Å². The van der Waals surface area contributed by atoms with E-state index in [1.807, 2.05) is 0 Å². The van der Waals surface area contributed by atoms with Crippen molar-refractivity contribution in [3.8, 4) is 0 Å². The number of carbonyl (C=O) groups excluding carboxylic acids is 4. The van der Waals surface area contributed by atoms with Crippen LogP contribution in [0.15, 0.2) is 34.0 Å². The van der Waals surface area contributed by atoms with Gasteiger partial charge in [-0.3, -0.25) is 14.5 Å². The molecule has 2 amide bonds. The van der Waals surface area contributed by atoms with Crippen LogP contribution >= 0.6 is 23.1 Å². The zero-order valence-corrected chi connectivity index (χ0v) is 22.4. The average Bonchev–Trinajstić information content (AvgIpc) is 3.24. The van der Waals surface area contributed by atoms with E-state index in [0.29, 0.717) is 16.9 Å². The number of nitrogens with two attached hydrogens (primary N) is 1. The second kappa shape index (κ2) is 11.6. The number of thioether (sulfide) groups is 1. The Morgan fingerprint density at radius 1 is 1.27 bits per heavy atom. The number of esters is 1. The number of hydrogen-bond donors (Lipinski definition) is 2. The maximum Gasteiger partial charge on any atom is 0.511 e. The third-order valence-corrected chi connectivity index (χ3v) is 6.95. The number of fused-ring (bicyclic) bond motifs is 1. The highest BCUT2D eigenvalue weighted by atomic mass is 32.2. The van der Waals surface area contributed by atoms with E-state index in [1.54, 1.807) is 20.8 Å². The standard InChI is InChI=1S/C22H27N5O8S2/c1-9(2)12-7-36-19-15(25-17(28)14(26-32-6)13-8-37-21(23)24-13)18(29)27(19)16(12)20(30)34-11(5)35-22(31)33-10(3)4/h8,10-11,15,19H,1,7H2,2-6H3,(H2,23,24)(H,25,28)/b26-14-/t11?,15-,19-/m1/s1. The molecule has 0 spiro atoms. The molecule has 0 saturated carbocycles. The van der Waals surface area contributed by atoms with Crippen LogP contribution in [-0.2, 0) is 33.4 Å². The number of nitrogens with zero attached hydrogens (tertiary/aromatic N) is 3. The predicted molar refractivity (Wildman–Crippen MR) is 135 cm³/mol. The van der Waals surface area contributed by atoms with Crippen LogP contribution in [0.1, 0.15) is 33.4 Å². The fourth-order valence-corrected chi connectivity index (χ4v) is 5.43. The first kappa shape index (κ1) is 28.0. The van der Waals surface area contributed by atoms with Crippen molar-refractivity contribution in [2.24, 2.45) is 5.16 Å². The Labute approximate surface area is 221 Å². The number of nitrogens with one attached hydrogen (secondary N) is 1. The number of aromatic nitrogens is 1. The number of rotatable bonds is 9. The third-order valence-electron chi connectivity index (χ3n) is 4.99. The maximum atomic E-state index is 13.1. The molecule has 1 unspecified atom stereocenters. The summed E-state index contributed by atoms with van der Waals surface area (Å²) < 4.78 is 15.1. The molecule has 0 bridgehead atoms. The lowest BCUT2D eigenvalue weighted by molar-refractivity contribution is -0.169.